The molecule has 0 amide bonds. The van der Waals surface area contributed by atoms with E-state index in [-0.39, 0.29) is 0 Å². The number of rotatable bonds is 3. The first kappa shape index (κ1) is 15.2. The molecule has 4 heteroatoms. The molecule has 0 spiro atoms. The van der Waals surface area contributed by atoms with Crippen LogP contribution in [0, 0.1) is 0 Å². The highest BCUT2D eigenvalue weighted by atomic mass is 15.4. The molecule has 0 radical (unpaired) electrons. The standard InChI is InChI=1S/C24H18N4/c1-3-7-21-17(5-1)19-13-15(9-11-23(19)25-21)27-28-16-10-12-24-20(14-16)18-6-2-4-8-22(18)26-24/h1-14,25-28H. The van der Waals surface area contributed by atoms with E-state index in [1.54, 1.807) is 0 Å². The van der Waals surface area contributed by atoms with Gasteiger partial charge in [-0.05, 0) is 48.5 Å². The second-order valence-electron chi connectivity index (χ2n) is 7.11. The van der Waals surface area contributed by atoms with Crippen molar-refractivity contribution in [1.82, 2.24) is 9.97 Å². The molecular weight excluding hydrogens is 344 g/mol. The van der Waals surface area contributed by atoms with Crippen molar-refractivity contribution in [3.05, 3.63) is 84.9 Å². The number of aromatic amines is 2. The topological polar surface area (TPSA) is 55.6 Å². The number of para-hydroxylation sites is 2. The quantitative estimate of drug-likeness (QED) is 0.276. The van der Waals surface area contributed by atoms with Gasteiger partial charge < -0.3 is 20.8 Å². The Balaban J connectivity index is 1.34. The third-order valence-electron chi connectivity index (χ3n) is 5.36. The van der Waals surface area contributed by atoms with E-state index in [2.05, 4.69) is 106 Å². The van der Waals surface area contributed by atoms with Crippen molar-refractivity contribution in [3.63, 3.8) is 0 Å². The van der Waals surface area contributed by atoms with Crippen LogP contribution in [0.4, 0.5) is 11.4 Å². The molecule has 0 aliphatic heterocycles. The van der Waals surface area contributed by atoms with Crippen LogP contribution in [0.1, 0.15) is 0 Å². The zero-order chi connectivity index (χ0) is 18.5. The Morgan fingerprint density at radius 2 is 0.857 bits per heavy atom. The molecule has 0 bridgehead atoms. The fraction of sp³-hybridized carbons (Fsp3) is 0. The summed E-state index contributed by atoms with van der Waals surface area (Å²) in [4.78, 5) is 6.92. The van der Waals surface area contributed by atoms with Crippen LogP contribution in [-0.4, -0.2) is 9.97 Å². The molecule has 0 saturated heterocycles. The number of hydrazine groups is 1. The van der Waals surface area contributed by atoms with Gasteiger partial charge in [-0.3, -0.25) is 0 Å². The van der Waals surface area contributed by atoms with Gasteiger partial charge in [0, 0.05) is 43.6 Å². The Kier molecular flexibility index (Phi) is 3.14. The first-order valence-corrected chi connectivity index (χ1v) is 9.38. The van der Waals surface area contributed by atoms with Gasteiger partial charge in [-0.15, -0.1) is 0 Å². The Labute approximate surface area is 161 Å². The summed E-state index contributed by atoms with van der Waals surface area (Å²) in [5.41, 5.74) is 13.3. The van der Waals surface area contributed by atoms with Gasteiger partial charge in [-0.1, -0.05) is 36.4 Å². The van der Waals surface area contributed by atoms with E-state index in [1.165, 1.54) is 21.5 Å². The van der Waals surface area contributed by atoms with Crippen LogP contribution in [0.25, 0.3) is 43.6 Å². The summed E-state index contributed by atoms with van der Waals surface area (Å²) in [6, 6.07) is 29.5. The second kappa shape index (κ2) is 5.79. The van der Waals surface area contributed by atoms with Gasteiger partial charge >= 0.3 is 0 Å². The molecule has 6 rings (SSSR count). The molecule has 134 valence electrons. The lowest BCUT2D eigenvalue weighted by Crippen LogP contribution is -2.08. The molecule has 4 aromatic carbocycles. The maximum Gasteiger partial charge on any atom is 0.0547 e. The molecular formula is C24H18N4. The van der Waals surface area contributed by atoms with E-state index in [4.69, 9.17) is 0 Å². The monoisotopic (exact) mass is 362 g/mol. The van der Waals surface area contributed by atoms with Crippen LogP contribution in [0.2, 0.25) is 0 Å². The number of fused-ring (bicyclic) bond motifs is 6. The lowest BCUT2D eigenvalue weighted by atomic mass is 10.1. The van der Waals surface area contributed by atoms with Gasteiger partial charge in [0.25, 0.3) is 0 Å². The van der Waals surface area contributed by atoms with E-state index >= 15 is 0 Å². The molecule has 4 N–H and O–H groups in total. The van der Waals surface area contributed by atoms with Crippen molar-refractivity contribution >= 4 is 55.0 Å². The average Bonchev–Trinajstić information content (AvgIpc) is 3.30. The molecule has 0 aliphatic rings. The van der Waals surface area contributed by atoms with Crippen LogP contribution in [0.3, 0.4) is 0 Å². The maximum atomic E-state index is 3.46. The molecule has 0 unspecified atom stereocenters. The van der Waals surface area contributed by atoms with Gasteiger partial charge in [-0.25, -0.2) is 0 Å². The van der Waals surface area contributed by atoms with Crippen molar-refractivity contribution in [2.24, 2.45) is 0 Å². The van der Waals surface area contributed by atoms with Gasteiger partial charge in [-0.2, -0.15) is 0 Å². The first-order valence-electron chi connectivity index (χ1n) is 9.38. The number of benzene rings is 4. The lowest BCUT2D eigenvalue weighted by molar-refractivity contribution is 1.43. The lowest BCUT2D eigenvalue weighted by Gasteiger charge is -2.10. The summed E-state index contributed by atoms with van der Waals surface area (Å²) < 4.78 is 0. The molecule has 0 saturated carbocycles. The number of H-pyrrole nitrogens is 2. The Morgan fingerprint density at radius 1 is 0.429 bits per heavy atom. The highest BCUT2D eigenvalue weighted by Crippen LogP contribution is 2.29. The minimum Gasteiger partial charge on any atom is -0.355 e. The zero-order valence-corrected chi connectivity index (χ0v) is 15.1. The molecule has 0 aliphatic carbocycles. The van der Waals surface area contributed by atoms with Crippen LogP contribution in [0.5, 0.6) is 0 Å². The van der Waals surface area contributed by atoms with Crippen LogP contribution >= 0.6 is 0 Å². The van der Waals surface area contributed by atoms with Gasteiger partial charge in [0.1, 0.15) is 0 Å². The van der Waals surface area contributed by atoms with Crippen LogP contribution < -0.4 is 10.9 Å². The Hall–Kier alpha value is -3.92. The van der Waals surface area contributed by atoms with Crippen molar-refractivity contribution in [2.75, 3.05) is 10.9 Å². The van der Waals surface area contributed by atoms with E-state index in [0.717, 1.165) is 33.4 Å². The SMILES string of the molecule is c1ccc2c(c1)[nH]c1ccc(NNc3ccc4[nH]c5ccccc5c4c3)cc12. The Bertz CT molecular complexity index is 1360. The normalized spacial score (nSPS) is 11.6. The minimum absolute atomic E-state index is 1.02. The predicted octanol–water partition coefficient (Wildman–Crippen LogP) is 6.39. The first-order chi connectivity index (χ1) is 13.8. The highest BCUT2D eigenvalue weighted by molar-refractivity contribution is 6.09. The molecule has 2 heterocycles. The number of hydrogen-bond acceptors (Lipinski definition) is 2. The van der Waals surface area contributed by atoms with E-state index in [0.29, 0.717) is 0 Å². The fourth-order valence-electron chi connectivity index (χ4n) is 4.00. The predicted molar refractivity (Wildman–Crippen MR) is 119 cm³/mol. The smallest absolute Gasteiger partial charge is 0.0547 e. The molecule has 0 atom stereocenters. The van der Waals surface area contributed by atoms with Crippen molar-refractivity contribution in [2.45, 2.75) is 0 Å². The van der Waals surface area contributed by atoms with Gasteiger partial charge in [0.05, 0.1) is 11.4 Å². The van der Waals surface area contributed by atoms with Crippen molar-refractivity contribution in [1.29, 1.82) is 0 Å². The molecule has 2 aromatic heterocycles. The van der Waals surface area contributed by atoms with Gasteiger partial charge in [0.2, 0.25) is 0 Å². The summed E-state index contributed by atoms with van der Waals surface area (Å²) in [7, 11) is 0. The third-order valence-corrected chi connectivity index (χ3v) is 5.36. The zero-order valence-electron chi connectivity index (χ0n) is 15.1. The van der Waals surface area contributed by atoms with Gasteiger partial charge in [0.15, 0.2) is 0 Å². The summed E-state index contributed by atoms with van der Waals surface area (Å²) in [5.74, 6) is 0. The molecule has 4 nitrogen and oxygen atoms in total. The molecule has 0 fully saturated rings. The van der Waals surface area contributed by atoms with Crippen LogP contribution in [-0.2, 0) is 0 Å². The minimum atomic E-state index is 1.02. The van der Waals surface area contributed by atoms with E-state index in [9.17, 15) is 0 Å². The van der Waals surface area contributed by atoms with Crippen molar-refractivity contribution < 1.29 is 0 Å². The maximum absolute atomic E-state index is 3.46. The summed E-state index contributed by atoms with van der Waals surface area (Å²) in [6.45, 7) is 0. The summed E-state index contributed by atoms with van der Waals surface area (Å²) in [6.07, 6.45) is 0. The number of hydrogen-bond donors (Lipinski definition) is 4. The molecule has 6 aromatic rings. The van der Waals surface area contributed by atoms with Crippen molar-refractivity contribution in [3.8, 4) is 0 Å². The summed E-state index contributed by atoms with van der Waals surface area (Å²) in [5, 5.41) is 4.91. The highest BCUT2D eigenvalue weighted by Gasteiger charge is 2.06. The number of nitrogens with one attached hydrogen (secondary N) is 4. The summed E-state index contributed by atoms with van der Waals surface area (Å²) >= 11 is 0. The van der Waals surface area contributed by atoms with E-state index < -0.39 is 0 Å². The average molecular weight is 362 g/mol. The fourth-order valence-corrected chi connectivity index (χ4v) is 4.00. The molecule has 28 heavy (non-hydrogen) atoms. The second-order valence-corrected chi connectivity index (χ2v) is 7.11. The number of anilines is 2. The van der Waals surface area contributed by atoms with Crippen LogP contribution in [0.15, 0.2) is 84.9 Å². The Morgan fingerprint density at radius 3 is 1.36 bits per heavy atom. The largest absolute Gasteiger partial charge is 0.355 e. The third kappa shape index (κ3) is 2.32. The number of aromatic nitrogens is 2. The van der Waals surface area contributed by atoms with E-state index in [1.807, 2.05) is 0 Å².